The van der Waals surface area contributed by atoms with Crippen LogP contribution in [0.15, 0.2) is 4.99 Å². The van der Waals surface area contributed by atoms with Crippen molar-refractivity contribution >= 4 is 15.8 Å². The van der Waals surface area contributed by atoms with Crippen LogP contribution in [-0.4, -0.2) is 69.7 Å². The fourth-order valence-electron chi connectivity index (χ4n) is 2.58. The third-order valence-electron chi connectivity index (χ3n) is 4.25. The van der Waals surface area contributed by atoms with Crippen molar-refractivity contribution in [2.24, 2.45) is 10.4 Å². The summed E-state index contributed by atoms with van der Waals surface area (Å²) in [6, 6.07) is 0. The Balaban J connectivity index is 2.75. The molecule has 0 aliphatic carbocycles. The van der Waals surface area contributed by atoms with E-state index in [4.69, 9.17) is 4.74 Å². The Morgan fingerprint density at radius 1 is 1.41 bits per heavy atom. The van der Waals surface area contributed by atoms with Gasteiger partial charge in [0.05, 0.1) is 16.6 Å². The van der Waals surface area contributed by atoms with Gasteiger partial charge in [0, 0.05) is 33.8 Å². The van der Waals surface area contributed by atoms with Crippen LogP contribution in [0.1, 0.15) is 34.6 Å². The quantitative estimate of drug-likeness (QED) is 0.619. The highest BCUT2D eigenvalue weighted by Crippen LogP contribution is 2.24. The lowest BCUT2D eigenvalue weighted by Gasteiger charge is -2.40. The van der Waals surface area contributed by atoms with Gasteiger partial charge in [0.15, 0.2) is 15.8 Å². The molecule has 1 aliphatic heterocycles. The van der Waals surface area contributed by atoms with Crippen LogP contribution >= 0.6 is 0 Å². The summed E-state index contributed by atoms with van der Waals surface area (Å²) in [4.78, 5) is 6.30. The van der Waals surface area contributed by atoms with Crippen molar-refractivity contribution in [2.75, 3.05) is 39.5 Å². The van der Waals surface area contributed by atoms with Crippen molar-refractivity contribution in [3.05, 3.63) is 0 Å². The monoisotopic (exact) mass is 333 g/mol. The maximum atomic E-state index is 12.1. The van der Waals surface area contributed by atoms with Gasteiger partial charge in [0.2, 0.25) is 0 Å². The number of hydrogen-bond acceptors (Lipinski definition) is 4. The first-order valence-electron chi connectivity index (χ1n) is 7.65. The van der Waals surface area contributed by atoms with Crippen LogP contribution in [0.5, 0.6) is 0 Å². The van der Waals surface area contributed by atoms with E-state index in [1.807, 2.05) is 4.90 Å². The number of nitrogens with zero attached hydrogens (tertiary/aromatic N) is 2. The average molecular weight is 333 g/mol. The second kappa shape index (κ2) is 6.74. The zero-order chi connectivity index (χ0) is 17.2. The highest BCUT2D eigenvalue weighted by molar-refractivity contribution is 7.92. The predicted octanol–water partition coefficient (Wildman–Crippen LogP) is 1.13. The molecule has 0 saturated carbocycles. The SMILES string of the molecule is CN=C(NCC(OC)C(C)(C)C)N1CCS(=O)(=O)C(C)(C)C1. The van der Waals surface area contributed by atoms with Crippen LogP contribution < -0.4 is 5.32 Å². The van der Waals surface area contributed by atoms with Gasteiger partial charge in [-0.2, -0.15) is 0 Å². The molecule has 1 fully saturated rings. The highest BCUT2D eigenvalue weighted by atomic mass is 32.2. The zero-order valence-electron chi connectivity index (χ0n) is 14.9. The van der Waals surface area contributed by atoms with Crippen molar-refractivity contribution < 1.29 is 13.2 Å². The lowest BCUT2D eigenvalue weighted by molar-refractivity contribution is 0.0201. The topological polar surface area (TPSA) is 71.0 Å². The van der Waals surface area contributed by atoms with Crippen molar-refractivity contribution in [3.63, 3.8) is 0 Å². The number of guanidine groups is 1. The van der Waals surface area contributed by atoms with Crippen LogP contribution in [0.4, 0.5) is 0 Å². The predicted molar refractivity (Wildman–Crippen MR) is 91.1 cm³/mol. The lowest BCUT2D eigenvalue weighted by Crippen LogP contribution is -2.58. The molecule has 1 rings (SSSR count). The van der Waals surface area contributed by atoms with E-state index in [9.17, 15) is 8.42 Å². The molecule has 1 atom stereocenters. The van der Waals surface area contributed by atoms with Crippen LogP contribution in [0.25, 0.3) is 0 Å². The summed E-state index contributed by atoms with van der Waals surface area (Å²) >= 11 is 0. The molecule has 1 aliphatic rings. The molecule has 1 N–H and O–H groups in total. The maximum absolute atomic E-state index is 12.1. The van der Waals surface area contributed by atoms with E-state index in [1.54, 1.807) is 28.0 Å². The minimum absolute atomic E-state index is 0.0190. The third-order valence-corrected chi connectivity index (χ3v) is 6.78. The molecule has 1 unspecified atom stereocenters. The summed E-state index contributed by atoms with van der Waals surface area (Å²) in [7, 11) is 0.381. The van der Waals surface area contributed by atoms with Gasteiger partial charge in [-0.25, -0.2) is 8.42 Å². The second-order valence-electron chi connectivity index (χ2n) is 7.52. The molecular weight excluding hydrogens is 302 g/mol. The Labute approximate surface area is 135 Å². The highest BCUT2D eigenvalue weighted by Gasteiger charge is 2.41. The number of aliphatic imine (C=N–C) groups is 1. The lowest BCUT2D eigenvalue weighted by atomic mass is 9.89. The zero-order valence-corrected chi connectivity index (χ0v) is 15.7. The molecule has 130 valence electrons. The van der Waals surface area contributed by atoms with E-state index in [2.05, 4.69) is 31.1 Å². The number of rotatable bonds is 3. The molecule has 1 heterocycles. The molecule has 0 bridgehead atoms. The van der Waals surface area contributed by atoms with Crippen LogP contribution in [0, 0.1) is 5.41 Å². The molecule has 0 radical (unpaired) electrons. The normalized spacial score (nSPS) is 23.2. The number of nitrogens with one attached hydrogen (secondary N) is 1. The first kappa shape index (κ1) is 19.2. The summed E-state index contributed by atoms with van der Waals surface area (Å²) in [5, 5.41) is 3.32. The van der Waals surface area contributed by atoms with E-state index in [0.717, 1.165) is 5.96 Å². The van der Waals surface area contributed by atoms with Crippen molar-refractivity contribution in [1.29, 1.82) is 0 Å². The largest absolute Gasteiger partial charge is 0.379 e. The summed E-state index contributed by atoms with van der Waals surface area (Å²) in [5.74, 6) is 0.891. The Hall–Kier alpha value is -0.820. The molecule has 22 heavy (non-hydrogen) atoms. The van der Waals surface area contributed by atoms with Gasteiger partial charge in [0.25, 0.3) is 0 Å². The van der Waals surface area contributed by atoms with Gasteiger partial charge in [-0.15, -0.1) is 0 Å². The molecule has 1 saturated heterocycles. The maximum Gasteiger partial charge on any atom is 0.193 e. The fourth-order valence-corrected chi connectivity index (χ4v) is 3.95. The minimum atomic E-state index is -3.04. The van der Waals surface area contributed by atoms with E-state index in [1.165, 1.54) is 0 Å². The summed E-state index contributed by atoms with van der Waals surface area (Å²) < 4.78 is 29.0. The molecule has 0 spiro atoms. The number of sulfone groups is 1. The van der Waals surface area contributed by atoms with Crippen molar-refractivity contribution in [2.45, 2.75) is 45.5 Å². The second-order valence-corrected chi connectivity index (χ2v) is 10.3. The first-order valence-corrected chi connectivity index (χ1v) is 9.30. The summed E-state index contributed by atoms with van der Waals surface area (Å²) in [5.41, 5.74) is 0.0190. The van der Waals surface area contributed by atoms with Crippen LogP contribution in [0.3, 0.4) is 0 Å². The third kappa shape index (κ3) is 4.35. The summed E-state index contributed by atoms with van der Waals surface area (Å²) in [6.07, 6.45) is 0.0470. The van der Waals surface area contributed by atoms with Gasteiger partial charge in [-0.05, 0) is 19.3 Å². The molecule has 6 nitrogen and oxygen atoms in total. The molecule has 0 aromatic carbocycles. The van der Waals surface area contributed by atoms with Crippen LogP contribution in [-0.2, 0) is 14.6 Å². The molecule has 0 aromatic rings. The molecule has 0 amide bonds. The number of ether oxygens (including phenoxy) is 1. The number of hydrogen-bond donors (Lipinski definition) is 1. The van der Waals surface area contributed by atoms with Gasteiger partial charge >= 0.3 is 0 Å². The smallest absolute Gasteiger partial charge is 0.193 e. The van der Waals surface area contributed by atoms with Gasteiger partial charge in [-0.3, -0.25) is 4.99 Å². The van der Waals surface area contributed by atoms with E-state index in [0.29, 0.717) is 19.6 Å². The van der Waals surface area contributed by atoms with Crippen molar-refractivity contribution in [1.82, 2.24) is 10.2 Å². The Bertz CT molecular complexity index is 507. The van der Waals surface area contributed by atoms with E-state index >= 15 is 0 Å². The molecular formula is C15H31N3O3S. The van der Waals surface area contributed by atoms with Gasteiger partial charge in [0.1, 0.15) is 0 Å². The first-order chi connectivity index (χ1) is 9.94. The van der Waals surface area contributed by atoms with Gasteiger partial charge in [-0.1, -0.05) is 20.8 Å². The Morgan fingerprint density at radius 3 is 2.41 bits per heavy atom. The fraction of sp³-hybridized carbons (Fsp3) is 0.933. The average Bonchev–Trinajstić information content (AvgIpc) is 2.37. The Morgan fingerprint density at radius 2 is 2.00 bits per heavy atom. The van der Waals surface area contributed by atoms with E-state index in [-0.39, 0.29) is 17.3 Å². The standard InChI is InChI=1S/C15H31N3O3S/c1-14(2,3)12(21-7)10-17-13(16-6)18-8-9-22(19,20)15(4,5)11-18/h12H,8-11H2,1-7H3,(H,16,17). The summed E-state index contributed by atoms with van der Waals surface area (Å²) in [6.45, 7) is 11.5. The molecule has 0 aromatic heterocycles. The Kier molecular flexibility index (Phi) is 5.89. The van der Waals surface area contributed by atoms with Crippen molar-refractivity contribution in [3.8, 4) is 0 Å². The van der Waals surface area contributed by atoms with Gasteiger partial charge < -0.3 is 15.0 Å². The number of methoxy groups -OCH3 is 1. The van der Waals surface area contributed by atoms with E-state index < -0.39 is 14.6 Å². The minimum Gasteiger partial charge on any atom is -0.379 e. The molecule has 7 heteroatoms. The van der Waals surface area contributed by atoms with Crippen LogP contribution in [0.2, 0.25) is 0 Å².